The molecular weight excluding hydrogens is 671 g/mol. The summed E-state index contributed by atoms with van der Waals surface area (Å²) in [6, 6.07) is 66.4. The Morgan fingerprint density at radius 2 is 0.815 bits per heavy atom. The second-order valence-electron chi connectivity index (χ2n) is 15.6. The third-order valence-electron chi connectivity index (χ3n) is 12.7. The maximum atomic E-state index is 2.51. The van der Waals surface area contributed by atoms with Crippen LogP contribution in [-0.4, -0.2) is 0 Å². The van der Waals surface area contributed by atoms with Gasteiger partial charge in [0, 0.05) is 42.6 Å². The van der Waals surface area contributed by atoms with Gasteiger partial charge in [0.2, 0.25) is 0 Å². The molecule has 0 saturated carbocycles. The quantitative estimate of drug-likeness (QED) is 0.177. The molecule has 0 N–H and O–H groups in total. The molecule has 1 nitrogen and oxygen atoms in total. The van der Waals surface area contributed by atoms with Crippen molar-refractivity contribution in [2.24, 2.45) is 0 Å². The lowest BCUT2D eigenvalue weighted by atomic mass is 9.70. The molecule has 0 bridgehead atoms. The molecule has 0 unspecified atom stereocenters. The first-order valence-electron chi connectivity index (χ1n) is 18.9. The predicted octanol–water partition coefficient (Wildman–Crippen LogP) is 14.2. The van der Waals surface area contributed by atoms with E-state index in [1.54, 1.807) is 0 Å². The normalized spacial score (nSPS) is 14.8. The van der Waals surface area contributed by atoms with Crippen LogP contribution in [0.2, 0.25) is 0 Å². The van der Waals surface area contributed by atoms with Crippen LogP contribution in [0.4, 0.5) is 17.1 Å². The summed E-state index contributed by atoms with van der Waals surface area (Å²) in [6.07, 6.45) is 0. The first kappa shape index (κ1) is 30.3. The third-order valence-corrected chi connectivity index (χ3v) is 13.8. The highest BCUT2D eigenvalue weighted by atomic mass is 32.1. The van der Waals surface area contributed by atoms with Crippen molar-refractivity contribution in [1.82, 2.24) is 0 Å². The van der Waals surface area contributed by atoms with Crippen molar-refractivity contribution in [1.29, 1.82) is 0 Å². The smallest absolute Gasteiger partial charge is 0.0726 e. The Hall–Kier alpha value is -6.22. The maximum absolute atomic E-state index is 2.51. The van der Waals surface area contributed by atoms with Crippen molar-refractivity contribution in [3.63, 3.8) is 0 Å². The average molecular weight is 706 g/mol. The molecule has 1 aromatic heterocycles. The first-order valence-corrected chi connectivity index (χ1v) is 19.7. The van der Waals surface area contributed by atoms with Gasteiger partial charge in [-0.3, -0.25) is 0 Å². The molecule has 0 atom stereocenters. The standard InChI is InChI=1S/C52H35NS/c1-51(2)43-18-8-3-16-38(43)42-29-32(25-28-44(42)51)53(34-24-27-41-40-17-7-12-22-49(40)54-50(41)31-34)33-23-26-39-37-15-6-11-21-47(37)52(48(39)30-33)45-19-9-4-13-35(45)36-14-5-10-20-46(36)52/h3-31H,1-2H3. The summed E-state index contributed by atoms with van der Waals surface area (Å²) < 4.78 is 2.62. The van der Waals surface area contributed by atoms with Gasteiger partial charge in [-0.25, -0.2) is 0 Å². The number of thiophene rings is 1. The molecule has 254 valence electrons. The summed E-state index contributed by atoms with van der Waals surface area (Å²) in [6.45, 7) is 4.72. The minimum absolute atomic E-state index is 0.0553. The number of nitrogens with zero attached hydrogens (tertiary/aromatic N) is 1. The summed E-state index contributed by atoms with van der Waals surface area (Å²) in [7, 11) is 0. The van der Waals surface area contributed by atoms with Gasteiger partial charge in [-0.15, -0.1) is 11.3 Å². The van der Waals surface area contributed by atoms with E-state index in [4.69, 9.17) is 0 Å². The van der Waals surface area contributed by atoms with Gasteiger partial charge in [-0.1, -0.05) is 147 Å². The topological polar surface area (TPSA) is 3.24 Å². The Bertz CT molecular complexity index is 2990. The lowest BCUT2D eigenvalue weighted by Crippen LogP contribution is -2.26. The van der Waals surface area contributed by atoms with E-state index in [1.807, 2.05) is 11.3 Å². The molecule has 9 aromatic rings. The Balaban J connectivity index is 1.13. The van der Waals surface area contributed by atoms with Crippen LogP contribution in [0.5, 0.6) is 0 Å². The van der Waals surface area contributed by atoms with Gasteiger partial charge in [0.1, 0.15) is 0 Å². The summed E-state index contributed by atoms with van der Waals surface area (Å²) in [4.78, 5) is 2.50. The zero-order valence-corrected chi connectivity index (χ0v) is 30.9. The Kier molecular flexibility index (Phi) is 5.99. The fraction of sp³-hybridized carbons (Fsp3) is 0.0769. The molecule has 0 aliphatic heterocycles. The van der Waals surface area contributed by atoms with Crippen LogP contribution in [0.3, 0.4) is 0 Å². The van der Waals surface area contributed by atoms with Gasteiger partial charge >= 0.3 is 0 Å². The van der Waals surface area contributed by atoms with E-state index >= 15 is 0 Å². The molecule has 0 amide bonds. The van der Waals surface area contributed by atoms with Crippen LogP contribution in [0.25, 0.3) is 53.6 Å². The highest BCUT2D eigenvalue weighted by Crippen LogP contribution is 2.63. The maximum Gasteiger partial charge on any atom is 0.0726 e. The Morgan fingerprint density at radius 1 is 0.352 bits per heavy atom. The lowest BCUT2D eigenvalue weighted by Gasteiger charge is -2.32. The van der Waals surface area contributed by atoms with Crippen molar-refractivity contribution in [2.75, 3.05) is 4.90 Å². The minimum atomic E-state index is -0.406. The Morgan fingerprint density at radius 3 is 1.50 bits per heavy atom. The van der Waals surface area contributed by atoms with Crippen LogP contribution >= 0.6 is 11.3 Å². The highest BCUT2D eigenvalue weighted by molar-refractivity contribution is 7.25. The molecule has 1 heterocycles. The zero-order chi connectivity index (χ0) is 35.8. The van der Waals surface area contributed by atoms with E-state index in [0.717, 1.165) is 11.4 Å². The van der Waals surface area contributed by atoms with Gasteiger partial charge in [-0.05, 0) is 109 Å². The number of anilines is 3. The monoisotopic (exact) mass is 705 g/mol. The van der Waals surface area contributed by atoms with E-state index in [0.29, 0.717) is 0 Å². The first-order chi connectivity index (χ1) is 26.5. The summed E-state index contributed by atoms with van der Waals surface area (Å²) in [5.74, 6) is 0. The molecule has 0 fully saturated rings. The van der Waals surface area contributed by atoms with Gasteiger partial charge in [0.25, 0.3) is 0 Å². The predicted molar refractivity (Wildman–Crippen MR) is 228 cm³/mol. The van der Waals surface area contributed by atoms with Crippen molar-refractivity contribution in [3.05, 3.63) is 209 Å². The molecule has 1 spiro atoms. The molecule has 12 rings (SSSR count). The number of fused-ring (bicyclic) bond motifs is 16. The second kappa shape index (κ2) is 10.7. The fourth-order valence-electron chi connectivity index (χ4n) is 10.4. The summed E-state index contributed by atoms with van der Waals surface area (Å²) in [5, 5.41) is 2.63. The van der Waals surface area contributed by atoms with Gasteiger partial charge in [0.05, 0.1) is 5.41 Å². The summed E-state index contributed by atoms with van der Waals surface area (Å²) in [5.41, 5.74) is 19.2. The average Bonchev–Trinajstić information content (AvgIpc) is 3.90. The van der Waals surface area contributed by atoms with Gasteiger partial charge in [0.15, 0.2) is 0 Å². The van der Waals surface area contributed by atoms with Crippen molar-refractivity contribution >= 4 is 48.6 Å². The minimum Gasteiger partial charge on any atom is -0.310 e. The molecule has 2 heteroatoms. The molecule has 8 aromatic carbocycles. The van der Waals surface area contributed by atoms with E-state index in [-0.39, 0.29) is 5.41 Å². The Labute approximate surface area is 319 Å². The van der Waals surface area contributed by atoms with Crippen LogP contribution in [0.15, 0.2) is 176 Å². The summed E-state index contributed by atoms with van der Waals surface area (Å²) >= 11 is 1.88. The SMILES string of the molecule is CC1(C)c2ccccc2-c2cc(N(c3ccc4c(c3)C3(c5ccccc5-c5ccccc53)c3ccccc3-4)c3ccc4c(c3)sc3ccccc34)ccc21. The highest BCUT2D eigenvalue weighted by Gasteiger charge is 2.51. The van der Waals surface area contributed by atoms with E-state index in [9.17, 15) is 0 Å². The molecule has 54 heavy (non-hydrogen) atoms. The molecule has 0 saturated heterocycles. The van der Waals surface area contributed by atoms with Crippen molar-refractivity contribution in [3.8, 4) is 33.4 Å². The van der Waals surface area contributed by atoms with Crippen LogP contribution in [0, 0.1) is 0 Å². The number of hydrogen-bond acceptors (Lipinski definition) is 2. The lowest BCUT2D eigenvalue weighted by molar-refractivity contribution is 0.660. The third kappa shape index (κ3) is 3.78. The van der Waals surface area contributed by atoms with Crippen LogP contribution in [-0.2, 0) is 10.8 Å². The van der Waals surface area contributed by atoms with E-state index < -0.39 is 5.41 Å². The van der Waals surface area contributed by atoms with Crippen molar-refractivity contribution < 1.29 is 0 Å². The largest absolute Gasteiger partial charge is 0.310 e. The zero-order valence-electron chi connectivity index (χ0n) is 30.1. The molecule has 0 radical (unpaired) electrons. The molecular formula is C52H35NS. The number of benzene rings is 8. The van der Waals surface area contributed by atoms with Crippen molar-refractivity contribution in [2.45, 2.75) is 24.7 Å². The van der Waals surface area contributed by atoms with Gasteiger partial charge < -0.3 is 4.90 Å². The number of rotatable bonds is 3. The van der Waals surface area contributed by atoms with Crippen LogP contribution < -0.4 is 4.90 Å². The molecule has 3 aliphatic carbocycles. The molecule has 3 aliphatic rings. The number of hydrogen-bond donors (Lipinski definition) is 0. The second-order valence-corrected chi connectivity index (χ2v) is 16.7. The van der Waals surface area contributed by atoms with Gasteiger partial charge in [-0.2, -0.15) is 0 Å². The van der Waals surface area contributed by atoms with E-state index in [1.165, 1.54) is 92.6 Å². The van der Waals surface area contributed by atoms with E-state index in [2.05, 4.69) is 195 Å². The fourth-order valence-corrected chi connectivity index (χ4v) is 11.5. The van der Waals surface area contributed by atoms with Crippen LogP contribution in [0.1, 0.15) is 47.2 Å².